The average Bonchev–Trinajstić information content (AvgIpc) is 2.89. The molecule has 2 aromatic rings. The molecule has 25 heavy (non-hydrogen) atoms. The van der Waals surface area contributed by atoms with Gasteiger partial charge in [0, 0.05) is 12.1 Å². The number of ether oxygens (including phenoxy) is 1. The molecular weight excluding hydrogens is 350 g/mol. The number of carbonyl (C=O) groups is 1. The Morgan fingerprint density at radius 2 is 1.84 bits per heavy atom. The number of amides is 1. The Balaban J connectivity index is 1.75. The molecule has 3 nitrogen and oxygen atoms in total. The summed E-state index contributed by atoms with van der Waals surface area (Å²) >= 11 is 6.76. The third-order valence-electron chi connectivity index (χ3n) is 3.85. The van der Waals surface area contributed by atoms with E-state index in [-0.39, 0.29) is 5.91 Å². The van der Waals surface area contributed by atoms with Crippen LogP contribution in [0.4, 0.5) is 0 Å². The largest absolute Gasteiger partial charge is 0.493 e. The SMILES string of the molecule is CCOc1ccccc1/C=C1/SC(=S)N(CCc2ccccc2)C1=O. The average molecular weight is 370 g/mol. The van der Waals surface area contributed by atoms with Gasteiger partial charge in [-0.2, -0.15) is 0 Å². The Morgan fingerprint density at radius 3 is 2.60 bits per heavy atom. The van der Waals surface area contributed by atoms with Crippen molar-refractivity contribution in [1.29, 1.82) is 0 Å². The van der Waals surface area contributed by atoms with E-state index < -0.39 is 0 Å². The number of nitrogens with zero attached hydrogens (tertiary/aromatic N) is 1. The maximum absolute atomic E-state index is 12.7. The van der Waals surface area contributed by atoms with Crippen LogP contribution >= 0.6 is 24.0 Å². The number of thioether (sulfide) groups is 1. The summed E-state index contributed by atoms with van der Waals surface area (Å²) in [6.07, 6.45) is 2.66. The fourth-order valence-corrected chi connectivity index (χ4v) is 3.91. The van der Waals surface area contributed by atoms with Crippen molar-refractivity contribution in [2.45, 2.75) is 13.3 Å². The number of hydrogen-bond donors (Lipinski definition) is 0. The number of hydrogen-bond acceptors (Lipinski definition) is 4. The van der Waals surface area contributed by atoms with Crippen LogP contribution in [0.25, 0.3) is 6.08 Å². The summed E-state index contributed by atoms with van der Waals surface area (Å²) in [6.45, 7) is 3.13. The summed E-state index contributed by atoms with van der Waals surface area (Å²) in [7, 11) is 0. The van der Waals surface area contributed by atoms with Crippen molar-refractivity contribution in [2.75, 3.05) is 13.2 Å². The van der Waals surface area contributed by atoms with E-state index >= 15 is 0 Å². The van der Waals surface area contributed by atoms with Crippen LogP contribution in [-0.2, 0) is 11.2 Å². The fourth-order valence-electron chi connectivity index (χ4n) is 2.61. The number of rotatable bonds is 6. The molecule has 1 aliphatic heterocycles. The van der Waals surface area contributed by atoms with Gasteiger partial charge in [0.2, 0.25) is 0 Å². The van der Waals surface area contributed by atoms with Gasteiger partial charge < -0.3 is 4.74 Å². The van der Waals surface area contributed by atoms with Gasteiger partial charge in [-0.3, -0.25) is 9.69 Å². The highest BCUT2D eigenvalue weighted by atomic mass is 32.2. The zero-order chi connectivity index (χ0) is 17.6. The van der Waals surface area contributed by atoms with Gasteiger partial charge in [-0.25, -0.2) is 0 Å². The molecule has 0 aromatic heterocycles. The molecule has 128 valence electrons. The van der Waals surface area contributed by atoms with Crippen LogP contribution in [0.15, 0.2) is 59.5 Å². The van der Waals surface area contributed by atoms with Crippen molar-refractivity contribution in [1.82, 2.24) is 4.90 Å². The second-order valence-corrected chi connectivity index (χ2v) is 7.22. The molecule has 1 aliphatic rings. The van der Waals surface area contributed by atoms with Crippen molar-refractivity contribution >= 4 is 40.3 Å². The van der Waals surface area contributed by atoms with Crippen LogP contribution in [-0.4, -0.2) is 28.3 Å². The molecule has 1 fully saturated rings. The summed E-state index contributed by atoms with van der Waals surface area (Å²) in [5, 5.41) is 0. The maximum atomic E-state index is 12.7. The van der Waals surface area contributed by atoms with Crippen LogP contribution in [0.3, 0.4) is 0 Å². The van der Waals surface area contributed by atoms with Gasteiger partial charge in [-0.05, 0) is 31.1 Å². The van der Waals surface area contributed by atoms with Gasteiger partial charge in [-0.1, -0.05) is 72.5 Å². The van der Waals surface area contributed by atoms with Gasteiger partial charge in [-0.15, -0.1) is 0 Å². The lowest BCUT2D eigenvalue weighted by atomic mass is 10.1. The molecule has 1 saturated heterocycles. The monoisotopic (exact) mass is 369 g/mol. The lowest BCUT2D eigenvalue weighted by Crippen LogP contribution is -2.30. The van der Waals surface area contributed by atoms with Gasteiger partial charge in [0.25, 0.3) is 5.91 Å². The second kappa shape index (κ2) is 8.32. The molecule has 0 bridgehead atoms. The van der Waals surface area contributed by atoms with Crippen molar-refractivity contribution in [3.05, 3.63) is 70.6 Å². The summed E-state index contributed by atoms with van der Waals surface area (Å²) in [5.74, 6) is 0.747. The van der Waals surface area contributed by atoms with Gasteiger partial charge in [0.15, 0.2) is 0 Å². The third kappa shape index (κ3) is 4.30. The summed E-state index contributed by atoms with van der Waals surface area (Å²) in [5.41, 5.74) is 2.09. The fraction of sp³-hybridized carbons (Fsp3) is 0.200. The lowest BCUT2D eigenvalue weighted by Gasteiger charge is -2.14. The molecule has 1 amide bonds. The molecular formula is C20H19NO2S2. The molecule has 3 rings (SSSR count). The topological polar surface area (TPSA) is 29.5 Å². The number of carbonyl (C=O) groups excluding carboxylic acids is 1. The van der Waals surface area contributed by atoms with E-state index in [0.29, 0.717) is 22.4 Å². The molecule has 0 radical (unpaired) electrons. The first-order valence-electron chi connectivity index (χ1n) is 8.20. The van der Waals surface area contributed by atoms with E-state index in [1.807, 2.05) is 55.5 Å². The first-order chi connectivity index (χ1) is 12.2. The Hall–Kier alpha value is -2.11. The molecule has 0 saturated carbocycles. The van der Waals surface area contributed by atoms with Crippen molar-refractivity contribution in [3.63, 3.8) is 0 Å². The number of thiocarbonyl (C=S) groups is 1. The van der Waals surface area contributed by atoms with Gasteiger partial charge in [0.05, 0.1) is 11.5 Å². The van der Waals surface area contributed by atoms with Crippen LogP contribution in [0.2, 0.25) is 0 Å². The van der Waals surface area contributed by atoms with E-state index in [9.17, 15) is 4.79 Å². The summed E-state index contributed by atoms with van der Waals surface area (Å²) in [6, 6.07) is 17.8. The summed E-state index contributed by atoms with van der Waals surface area (Å²) in [4.78, 5) is 15.0. The molecule has 5 heteroatoms. The smallest absolute Gasteiger partial charge is 0.266 e. The van der Waals surface area contributed by atoms with Gasteiger partial charge in [0.1, 0.15) is 10.1 Å². The third-order valence-corrected chi connectivity index (χ3v) is 5.22. The van der Waals surface area contributed by atoms with Crippen molar-refractivity contribution in [2.24, 2.45) is 0 Å². The highest BCUT2D eigenvalue weighted by Gasteiger charge is 2.31. The molecule has 0 N–H and O–H groups in total. The highest BCUT2D eigenvalue weighted by Crippen LogP contribution is 2.34. The zero-order valence-corrected chi connectivity index (χ0v) is 15.6. The van der Waals surface area contributed by atoms with Crippen LogP contribution in [0.5, 0.6) is 5.75 Å². The van der Waals surface area contributed by atoms with Crippen LogP contribution < -0.4 is 4.74 Å². The minimum Gasteiger partial charge on any atom is -0.493 e. The minimum atomic E-state index is -0.0303. The van der Waals surface area contributed by atoms with Crippen LogP contribution in [0.1, 0.15) is 18.1 Å². The second-order valence-electron chi connectivity index (χ2n) is 5.54. The van der Waals surface area contributed by atoms with Crippen LogP contribution in [0, 0.1) is 0 Å². The molecule has 0 unspecified atom stereocenters. The quantitative estimate of drug-likeness (QED) is 0.553. The zero-order valence-electron chi connectivity index (χ0n) is 14.0. The Bertz CT molecular complexity index is 802. The number of benzene rings is 2. The molecule has 1 heterocycles. The standard InChI is InChI=1S/C20H19NO2S2/c1-2-23-17-11-7-6-10-16(17)14-18-19(22)21(20(24)25-18)13-12-15-8-4-3-5-9-15/h3-11,14H,2,12-13H2,1H3/b18-14+. The predicted molar refractivity (Wildman–Crippen MR) is 108 cm³/mol. The van der Waals surface area contributed by atoms with Gasteiger partial charge >= 0.3 is 0 Å². The minimum absolute atomic E-state index is 0.0303. The first kappa shape index (κ1) is 17.7. The van der Waals surface area contributed by atoms with E-state index in [4.69, 9.17) is 17.0 Å². The van der Waals surface area contributed by atoms with E-state index in [1.54, 1.807) is 4.90 Å². The Morgan fingerprint density at radius 1 is 1.12 bits per heavy atom. The predicted octanol–water partition coefficient (Wildman–Crippen LogP) is 4.53. The van der Waals surface area contributed by atoms with Crippen molar-refractivity contribution in [3.8, 4) is 5.75 Å². The Labute approximate surface area is 157 Å². The highest BCUT2D eigenvalue weighted by molar-refractivity contribution is 8.26. The first-order valence-corrected chi connectivity index (χ1v) is 9.42. The molecule has 0 aliphatic carbocycles. The van der Waals surface area contributed by atoms with E-state index in [1.165, 1.54) is 17.3 Å². The maximum Gasteiger partial charge on any atom is 0.266 e. The Kier molecular flexibility index (Phi) is 5.89. The molecule has 0 atom stereocenters. The summed E-state index contributed by atoms with van der Waals surface area (Å²) < 4.78 is 6.24. The molecule has 2 aromatic carbocycles. The number of para-hydroxylation sites is 1. The van der Waals surface area contributed by atoms with E-state index in [0.717, 1.165) is 17.7 Å². The normalized spacial score (nSPS) is 15.9. The van der Waals surface area contributed by atoms with E-state index in [2.05, 4.69) is 12.1 Å². The molecule has 0 spiro atoms. The lowest BCUT2D eigenvalue weighted by molar-refractivity contribution is -0.122. The van der Waals surface area contributed by atoms with Crippen molar-refractivity contribution < 1.29 is 9.53 Å².